The van der Waals surface area contributed by atoms with E-state index in [1.54, 1.807) is 0 Å². The van der Waals surface area contributed by atoms with E-state index in [0.717, 1.165) is 55.9 Å². The topological polar surface area (TPSA) is 131 Å². The summed E-state index contributed by atoms with van der Waals surface area (Å²) in [5, 5.41) is 21.6. The molecule has 9 heteroatoms. The van der Waals surface area contributed by atoms with Crippen LogP contribution in [0.2, 0.25) is 0 Å². The van der Waals surface area contributed by atoms with Gasteiger partial charge in [0.1, 0.15) is 6.54 Å². The van der Waals surface area contributed by atoms with Gasteiger partial charge in [-0.3, -0.25) is 23.5 Å². The first-order valence-corrected chi connectivity index (χ1v) is 10.5. The van der Waals surface area contributed by atoms with Crippen molar-refractivity contribution >= 4 is 11.9 Å². The molecule has 3 rings (SSSR count). The van der Waals surface area contributed by atoms with Gasteiger partial charge in [-0.05, 0) is 31.6 Å². The van der Waals surface area contributed by atoms with Gasteiger partial charge in [0.05, 0.1) is 0 Å². The summed E-state index contributed by atoms with van der Waals surface area (Å²) in [4.78, 5) is 49.5. The monoisotopic (exact) mass is 407 g/mol. The maximum absolute atomic E-state index is 13.2. The summed E-state index contributed by atoms with van der Waals surface area (Å²) >= 11 is 0. The maximum Gasteiger partial charge on any atom is 0.334 e. The lowest BCUT2D eigenvalue weighted by atomic mass is 9.89. The average molecular weight is 407 g/mol. The van der Waals surface area contributed by atoms with Gasteiger partial charge in [0.25, 0.3) is 11.5 Å². The third-order valence-corrected chi connectivity index (χ3v) is 6.08. The van der Waals surface area contributed by atoms with Gasteiger partial charge in [-0.2, -0.15) is 0 Å². The minimum absolute atomic E-state index is 0.174. The standard InChI is InChI=1S/C20H29N3O6/c24-15(25)11-21-17(26)16-18(27)22(12-13-7-3-1-4-8-13)20(29)23(19(16)28)14-9-5-2-6-10-14/h13-14,28H,1-12H2,(H,21,26)(H,24,25). The Morgan fingerprint density at radius 1 is 0.966 bits per heavy atom. The van der Waals surface area contributed by atoms with Gasteiger partial charge < -0.3 is 15.5 Å². The highest BCUT2D eigenvalue weighted by atomic mass is 16.4. The van der Waals surface area contributed by atoms with Crippen molar-refractivity contribution in [2.75, 3.05) is 6.54 Å². The zero-order valence-corrected chi connectivity index (χ0v) is 16.6. The summed E-state index contributed by atoms with van der Waals surface area (Å²) in [5.41, 5.74) is -1.99. The van der Waals surface area contributed by atoms with Crippen molar-refractivity contribution < 1.29 is 19.8 Å². The molecular weight excluding hydrogens is 378 g/mol. The summed E-state index contributed by atoms with van der Waals surface area (Å²) in [5.74, 6) is -2.72. The summed E-state index contributed by atoms with van der Waals surface area (Å²) in [7, 11) is 0. The summed E-state index contributed by atoms with van der Waals surface area (Å²) in [6.45, 7) is -0.466. The van der Waals surface area contributed by atoms with Crippen molar-refractivity contribution in [1.82, 2.24) is 14.5 Å². The molecule has 1 amide bonds. The van der Waals surface area contributed by atoms with Crippen LogP contribution in [-0.4, -0.2) is 37.8 Å². The van der Waals surface area contributed by atoms with Crippen LogP contribution in [0.15, 0.2) is 9.59 Å². The summed E-state index contributed by atoms with van der Waals surface area (Å²) in [6.07, 6.45) is 9.26. The molecule has 2 aliphatic carbocycles. The number of carboxylic acid groups (broad SMARTS) is 1. The second kappa shape index (κ2) is 9.28. The molecule has 2 fully saturated rings. The lowest BCUT2D eigenvalue weighted by Crippen LogP contribution is -2.47. The largest absolute Gasteiger partial charge is 0.494 e. The van der Waals surface area contributed by atoms with Crippen LogP contribution in [0.25, 0.3) is 0 Å². The van der Waals surface area contributed by atoms with Crippen LogP contribution in [0, 0.1) is 5.92 Å². The van der Waals surface area contributed by atoms with Gasteiger partial charge in [0, 0.05) is 12.6 Å². The number of nitrogens with zero attached hydrogens (tertiary/aromatic N) is 2. The number of hydrogen-bond donors (Lipinski definition) is 3. The van der Waals surface area contributed by atoms with E-state index in [1.807, 2.05) is 0 Å². The molecule has 0 atom stereocenters. The molecule has 0 spiro atoms. The zero-order chi connectivity index (χ0) is 21.0. The first-order valence-electron chi connectivity index (χ1n) is 10.5. The molecule has 2 saturated carbocycles. The van der Waals surface area contributed by atoms with Crippen LogP contribution in [0.3, 0.4) is 0 Å². The molecule has 9 nitrogen and oxygen atoms in total. The number of amides is 1. The van der Waals surface area contributed by atoms with E-state index in [1.165, 1.54) is 4.57 Å². The van der Waals surface area contributed by atoms with Crippen molar-refractivity contribution in [3.63, 3.8) is 0 Å². The molecule has 0 aliphatic heterocycles. The number of aliphatic carboxylic acids is 1. The number of carbonyl (C=O) groups excluding carboxylic acids is 1. The molecule has 1 heterocycles. The van der Waals surface area contributed by atoms with E-state index in [4.69, 9.17) is 5.11 Å². The van der Waals surface area contributed by atoms with Crippen LogP contribution in [0.5, 0.6) is 5.88 Å². The summed E-state index contributed by atoms with van der Waals surface area (Å²) in [6, 6.07) is -0.277. The molecule has 29 heavy (non-hydrogen) atoms. The number of nitrogens with one attached hydrogen (secondary N) is 1. The molecule has 0 unspecified atom stereocenters. The average Bonchev–Trinajstić information content (AvgIpc) is 2.71. The highest BCUT2D eigenvalue weighted by molar-refractivity contribution is 5.97. The molecule has 0 bridgehead atoms. The molecule has 0 saturated heterocycles. The fourth-order valence-electron chi connectivity index (χ4n) is 4.56. The van der Waals surface area contributed by atoms with Gasteiger partial charge >= 0.3 is 11.7 Å². The quantitative estimate of drug-likeness (QED) is 0.657. The molecular formula is C20H29N3O6. The van der Waals surface area contributed by atoms with Crippen molar-refractivity contribution in [3.8, 4) is 5.88 Å². The first-order chi connectivity index (χ1) is 13.9. The third-order valence-electron chi connectivity index (χ3n) is 6.08. The fraction of sp³-hybridized carbons (Fsp3) is 0.700. The Morgan fingerprint density at radius 3 is 2.14 bits per heavy atom. The second-order valence-electron chi connectivity index (χ2n) is 8.14. The highest BCUT2D eigenvalue weighted by Gasteiger charge is 2.29. The number of carbonyl (C=O) groups is 2. The van der Waals surface area contributed by atoms with Gasteiger partial charge in [0.2, 0.25) is 5.88 Å². The van der Waals surface area contributed by atoms with Crippen LogP contribution >= 0.6 is 0 Å². The maximum atomic E-state index is 13.2. The third kappa shape index (κ3) is 4.71. The zero-order valence-electron chi connectivity index (χ0n) is 16.6. The molecule has 1 aromatic rings. The van der Waals surface area contributed by atoms with Crippen molar-refractivity contribution in [2.45, 2.75) is 76.8 Å². The van der Waals surface area contributed by atoms with Crippen molar-refractivity contribution in [1.29, 1.82) is 0 Å². The molecule has 3 N–H and O–H groups in total. The molecule has 2 aliphatic rings. The Kier molecular flexibility index (Phi) is 6.76. The van der Waals surface area contributed by atoms with E-state index in [2.05, 4.69) is 5.32 Å². The number of rotatable bonds is 6. The van der Waals surface area contributed by atoms with Gasteiger partial charge in [0.15, 0.2) is 5.56 Å². The second-order valence-corrected chi connectivity index (χ2v) is 8.14. The van der Waals surface area contributed by atoms with Crippen molar-refractivity contribution in [3.05, 3.63) is 26.4 Å². The Balaban J connectivity index is 2.06. The van der Waals surface area contributed by atoms with Crippen LogP contribution in [-0.2, 0) is 11.3 Å². The molecule has 0 radical (unpaired) electrons. The number of aromatic hydroxyl groups is 1. The normalized spacial score (nSPS) is 18.5. The molecule has 1 aromatic heterocycles. The lowest BCUT2D eigenvalue weighted by Gasteiger charge is -2.27. The number of aromatic nitrogens is 2. The first kappa shape index (κ1) is 21.1. The number of hydrogen-bond acceptors (Lipinski definition) is 5. The van der Waals surface area contributed by atoms with Gasteiger partial charge in [-0.25, -0.2) is 4.79 Å². The van der Waals surface area contributed by atoms with E-state index in [-0.39, 0.29) is 18.5 Å². The predicted molar refractivity (Wildman–Crippen MR) is 105 cm³/mol. The van der Waals surface area contributed by atoms with E-state index in [0.29, 0.717) is 12.8 Å². The van der Waals surface area contributed by atoms with Crippen LogP contribution < -0.4 is 16.6 Å². The Labute approximate surface area is 168 Å². The van der Waals surface area contributed by atoms with Gasteiger partial charge in [-0.15, -0.1) is 0 Å². The van der Waals surface area contributed by atoms with Gasteiger partial charge in [-0.1, -0.05) is 38.5 Å². The highest BCUT2D eigenvalue weighted by Crippen LogP contribution is 2.30. The van der Waals surface area contributed by atoms with Crippen molar-refractivity contribution in [2.24, 2.45) is 5.92 Å². The fourth-order valence-corrected chi connectivity index (χ4v) is 4.56. The minimum atomic E-state index is -1.26. The minimum Gasteiger partial charge on any atom is -0.494 e. The predicted octanol–water partition coefficient (Wildman–Crippen LogP) is 1.62. The van der Waals surface area contributed by atoms with E-state index < -0.39 is 41.1 Å². The van der Waals surface area contributed by atoms with Crippen LogP contribution in [0.1, 0.15) is 80.6 Å². The summed E-state index contributed by atoms with van der Waals surface area (Å²) < 4.78 is 2.25. The molecule has 160 valence electrons. The molecule has 0 aromatic carbocycles. The Morgan fingerprint density at radius 2 is 1.55 bits per heavy atom. The SMILES string of the molecule is O=C(O)CNC(=O)c1c(O)n(C2CCCCC2)c(=O)n(CC2CCCCC2)c1=O. The van der Waals surface area contributed by atoms with E-state index in [9.17, 15) is 24.3 Å². The number of carboxylic acids is 1. The smallest absolute Gasteiger partial charge is 0.334 e. The van der Waals surface area contributed by atoms with Crippen LogP contribution in [0.4, 0.5) is 0 Å². The lowest BCUT2D eigenvalue weighted by molar-refractivity contribution is -0.135. The van der Waals surface area contributed by atoms with E-state index >= 15 is 0 Å². The Hall–Kier alpha value is -2.58. The Bertz CT molecular complexity index is 875.